The Kier molecular flexibility index (Phi) is 10.5. The summed E-state index contributed by atoms with van der Waals surface area (Å²) < 4.78 is 6.92. The van der Waals surface area contributed by atoms with Gasteiger partial charge in [-0.3, -0.25) is 0 Å². The van der Waals surface area contributed by atoms with Crippen LogP contribution >= 0.6 is 62.5 Å². The van der Waals surface area contributed by atoms with Crippen molar-refractivity contribution in [3.05, 3.63) is 0 Å². The first-order valence-electron chi connectivity index (χ1n) is 2.03. The van der Waals surface area contributed by atoms with Crippen LogP contribution in [0.3, 0.4) is 0 Å². The maximum atomic E-state index is 4.98. The van der Waals surface area contributed by atoms with E-state index in [1.54, 1.807) is 37.4 Å². The Morgan fingerprint density at radius 3 is 2.55 bits per heavy atom. The molecule has 0 aromatic carbocycles. The second kappa shape index (κ2) is 8.27. The lowest BCUT2D eigenvalue weighted by Crippen LogP contribution is -1.87. The molecule has 11 heavy (non-hydrogen) atoms. The van der Waals surface area contributed by atoms with Gasteiger partial charge in [0.1, 0.15) is 0 Å². The highest BCUT2D eigenvalue weighted by Crippen LogP contribution is 2.45. The average Bonchev–Trinajstić information content (AvgIpc) is 1.99. The van der Waals surface area contributed by atoms with E-state index in [2.05, 4.69) is 22.4 Å². The second-order valence-electron chi connectivity index (χ2n) is 0.964. The zero-order chi connectivity index (χ0) is 8.74. The zero-order valence-electron chi connectivity index (χ0n) is 5.22. The fraction of sp³-hybridized carbons (Fsp3) is 1.00. The molecule has 0 bridgehead atoms. The fourth-order valence-electron chi connectivity index (χ4n) is 0.104. The van der Waals surface area contributed by atoms with Gasteiger partial charge in [-0.2, -0.15) is 0 Å². The Hall–Kier alpha value is 2.94. The van der Waals surface area contributed by atoms with Gasteiger partial charge in [0.25, 0.3) is 4.41 Å². The first-order chi connectivity index (χ1) is 5.12. The summed E-state index contributed by atoms with van der Waals surface area (Å²) in [6, 6.07) is 0. The van der Waals surface area contributed by atoms with Crippen LogP contribution < -0.4 is 0 Å². The Bertz CT molecular complexity index is 177. The molecule has 0 atom stereocenters. The maximum Gasteiger partial charge on any atom is 0.291 e. The van der Waals surface area contributed by atoms with Gasteiger partial charge in [0.15, 0.2) is 0 Å². The summed E-state index contributed by atoms with van der Waals surface area (Å²) in [5, 5.41) is 0. The topological polar surface area (TPSA) is 9.23 Å². The second-order valence-corrected chi connectivity index (χ2v) is 16.0. The lowest BCUT2D eigenvalue weighted by molar-refractivity contribution is 0.491. The molecule has 0 fully saturated rings. The highest BCUT2D eigenvalue weighted by molar-refractivity contribution is 14.1. The Morgan fingerprint density at radius 1 is 1.45 bits per heavy atom. The Morgan fingerprint density at radius 2 is 2.09 bits per heavy atom. The van der Waals surface area contributed by atoms with E-state index < -0.39 is 6.46 Å². The minimum absolute atomic E-state index is 1.44. The third kappa shape index (κ3) is 9.25. The van der Waals surface area contributed by atoms with Crippen LogP contribution in [-0.4, -0.2) is 11.5 Å². The molecule has 0 aliphatic rings. The normalized spacial score (nSPS) is 11.5. The van der Waals surface area contributed by atoms with Crippen LogP contribution in [0.2, 0.25) is 0 Å². The molecule has 0 saturated heterocycles. The number of hydrogen-bond acceptors (Lipinski definition) is 7. The molecule has 0 aromatic heterocycles. The van der Waals surface area contributed by atoms with Gasteiger partial charge >= 0.3 is 0 Å². The Balaban J connectivity index is 3.39. The molecule has 65 valence electrons. The van der Waals surface area contributed by atoms with Gasteiger partial charge in [0.05, 0.1) is 13.6 Å². The van der Waals surface area contributed by atoms with Crippen molar-refractivity contribution in [3.63, 3.8) is 0 Å². The molecule has 0 spiro atoms. The third-order valence-corrected chi connectivity index (χ3v) is 14.8. The fourth-order valence-corrected chi connectivity index (χ4v) is 13.9. The van der Waals surface area contributed by atoms with Crippen molar-refractivity contribution in [1.29, 1.82) is 0 Å². The van der Waals surface area contributed by atoms with Crippen LogP contribution in [0.25, 0.3) is 0 Å². The maximum absolute atomic E-state index is 4.98. The minimum Gasteiger partial charge on any atom is -0.305 e. The van der Waals surface area contributed by atoms with Gasteiger partial charge in [-0.25, -0.2) is 0 Å². The van der Waals surface area contributed by atoms with Crippen molar-refractivity contribution in [2.75, 3.05) is 7.11 Å². The molecule has 0 aliphatic heterocycles. The predicted molar refractivity (Wildman–Crippen MR) is 79.2 cm³/mol. The largest absolute Gasteiger partial charge is 0.305 e. The van der Waals surface area contributed by atoms with E-state index in [4.69, 9.17) is 26.6 Å². The molecular formula is CH3BIOS7. The molecule has 1 nitrogen and oxygen atoms in total. The van der Waals surface area contributed by atoms with Crippen LogP contribution in [0.4, 0.5) is 0 Å². The first kappa shape index (κ1) is 13.9. The molecule has 0 amide bonds. The van der Waals surface area contributed by atoms with Crippen molar-refractivity contribution < 1.29 is 4.18 Å². The standard InChI is InChI=1S/CH3BIOS7/c1-4-11(5,6)10-9-8-7-2-3/h1H3. The minimum atomic E-state index is -1.70. The van der Waals surface area contributed by atoms with E-state index in [9.17, 15) is 0 Å². The van der Waals surface area contributed by atoms with Crippen LogP contribution in [-0.2, 0) is 33.0 Å². The molecule has 0 saturated carbocycles. The third-order valence-electron chi connectivity index (χ3n) is 0.419. The van der Waals surface area contributed by atoms with Crippen molar-refractivity contribution >= 4 is 95.7 Å². The summed E-state index contributed by atoms with van der Waals surface area (Å²) in [5.74, 6) is 0. The molecule has 0 N–H and O–H groups in total. The zero-order valence-corrected chi connectivity index (χ0v) is 13.1. The first-order valence-corrected chi connectivity index (χ1v) is 12.1. The molecule has 10 heteroatoms. The quantitative estimate of drug-likeness (QED) is 0.293. The summed E-state index contributed by atoms with van der Waals surface area (Å²) >= 11 is 12.1. The summed E-state index contributed by atoms with van der Waals surface area (Å²) in [4.78, 5) is 0. The van der Waals surface area contributed by atoms with Gasteiger partial charge in [-0.1, -0.05) is 0 Å². The van der Waals surface area contributed by atoms with Crippen LogP contribution in [0.1, 0.15) is 0 Å². The summed E-state index contributed by atoms with van der Waals surface area (Å²) in [6.45, 7) is -1.70. The molecule has 0 aliphatic carbocycles. The predicted octanol–water partition coefficient (Wildman–Crippen LogP) is 3.19. The Labute approximate surface area is 105 Å². The smallest absolute Gasteiger partial charge is 0.291 e. The van der Waals surface area contributed by atoms with Gasteiger partial charge in [-0.15, -0.1) is 33.0 Å². The van der Waals surface area contributed by atoms with Crippen molar-refractivity contribution in [2.45, 2.75) is 0 Å². The molecule has 0 aromatic rings. The van der Waals surface area contributed by atoms with Crippen LogP contribution in [0.15, 0.2) is 0 Å². The van der Waals surface area contributed by atoms with E-state index in [0.29, 0.717) is 0 Å². The number of rotatable bonds is 6. The van der Waals surface area contributed by atoms with Crippen molar-refractivity contribution in [2.24, 2.45) is 0 Å². The van der Waals surface area contributed by atoms with E-state index in [1.807, 2.05) is 4.41 Å². The monoisotopic (exact) mass is 393 g/mol. The van der Waals surface area contributed by atoms with Gasteiger partial charge in [-0.05, 0) is 32.2 Å². The van der Waals surface area contributed by atoms with Crippen molar-refractivity contribution in [1.82, 2.24) is 0 Å². The summed E-state index contributed by atoms with van der Waals surface area (Å²) in [7, 11) is 7.86. The van der Waals surface area contributed by atoms with E-state index in [1.165, 1.54) is 9.83 Å². The van der Waals surface area contributed by atoms with E-state index >= 15 is 0 Å². The van der Waals surface area contributed by atoms with Gasteiger partial charge < -0.3 is 4.18 Å². The SMILES string of the molecule is COS(=S)(=S)SSSS[B]I. The van der Waals surface area contributed by atoms with E-state index in [-0.39, 0.29) is 0 Å². The molecule has 1 radical (unpaired) electrons. The van der Waals surface area contributed by atoms with Gasteiger partial charge in [0, 0.05) is 19.7 Å². The lowest BCUT2D eigenvalue weighted by Gasteiger charge is -2.03. The van der Waals surface area contributed by atoms with Crippen molar-refractivity contribution in [3.8, 4) is 0 Å². The lowest BCUT2D eigenvalue weighted by atomic mass is 10.8. The highest BCUT2D eigenvalue weighted by Gasteiger charge is 2.01. The van der Waals surface area contributed by atoms with E-state index in [0.717, 1.165) is 0 Å². The number of hydrogen-bond donors (Lipinski definition) is 0. The average molecular weight is 393 g/mol. The van der Waals surface area contributed by atoms with Gasteiger partial charge in [0.2, 0.25) is 0 Å². The summed E-state index contributed by atoms with van der Waals surface area (Å²) in [6.07, 6.45) is 0. The van der Waals surface area contributed by atoms with Crippen LogP contribution in [0, 0.1) is 0 Å². The molecule has 0 unspecified atom stereocenters. The number of halogens is 1. The molecule has 0 rings (SSSR count). The highest BCUT2D eigenvalue weighted by atomic mass is 127. The molecule has 0 heterocycles. The van der Waals surface area contributed by atoms with Crippen LogP contribution in [0.5, 0.6) is 0 Å². The summed E-state index contributed by atoms with van der Waals surface area (Å²) in [5.41, 5.74) is 0. The molecular weight excluding hydrogens is 390 g/mol.